The van der Waals surface area contributed by atoms with Gasteiger partial charge in [0.1, 0.15) is 5.69 Å². The Hall–Kier alpha value is -2.48. The van der Waals surface area contributed by atoms with Crippen LogP contribution in [0.2, 0.25) is 0 Å². The van der Waals surface area contributed by atoms with Crippen LogP contribution in [-0.4, -0.2) is 22.9 Å². The van der Waals surface area contributed by atoms with Gasteiger partial charge in [-0.2, -0.15) is 0 Å². The minimum Gasteiger partial charge on any atom is -0.375 e. The Morgan fingerprint density at radius 1 is 1.50 bits per heavy atom. The molecule has 0 saturated carbocycles. The van der Waals surface area contributed by atoms with Gasteiger partial charge in [0.2, 0.25) is 0 Å². The molecule has 0 unspecified atom stereocenters. The van der Waals surface area contributed by atoms with E-state index < -0.39 is 4.92 Å². The fourth-order valence-electron chi connectivity index (χ4n) is 1.63. The number of aromatic nitrogens is 1. The zero-order valence-electron chi connectivity index (χ0n) is 10.6. The first-order valence-electron chi connectivity index (χ1n) is 5.73. The second-order valence-electron chi connectivity index (χ2n) is 3.89. The number of thiazole rings is 1. The first-order valence-corrected chi connectivity index (χ1v) is 6.61. The van der Waals surface area contributed by atoms with Crippen molar-refractivity contribution in [3.63, 3.8) is 0 Å². The molecule has 20 heavy (non-hydrogen) atoms. The van der Waals surface area contributed by atoms with Gasteiger partial charge in [-0.3, -0.25) is 19.9 Å². The van der Waals surface area contributed by atoms with E-state index in [1.165, 1.54) is 36.6 Å². The summed E-state index contributed by atoms with van der Waals surface area (Å²) in [4.78, 5) is 26.9. The number of nitrogens with one attached hydrogen (secondary N) is 2. The second-order valence-corrected chi connectivity index (χ2v) is 4.86. The predicted octanol–water partition coefficient (Wildman–Crippen LogP) is 2.02. The van der Waals surface area contributed by atoms with Gasteiger partial charge in [0.25, 0.3) is 11.6 Å². The molecule has 0 spiro atoms. The number of hydrogen-bond acceptors (Lipinski definition) is 6. The highest BCUT2D eigenvalue weighted by atomic mass is 32.1. The zero-order chi connectivity index (χ0) is 14.5. The van der Waals surface area contributed by atoms with Crippen molar-refractivity contribution in [2.75, 3.05) is 12.4 Å². The number of hydrogen-bond donors (Lipinski definition) is 2. The number of amides is 1. The second kappa shape index (κ2) is 6.11. The molecule has 1 heterocycles. The molecule has 0 aliphatic rings. The van der Waals surface area contributed by atoms with Crippen LogP contribution in [0.15, 0.2) is 29.9 Å². The largest absolute Gasteiger partial charge is 0.375 e. The van der Waals surface area contributed by atoms with Crippen molar-refractivity contribution in [1.82, 2.24) is 10.3 Å². The van der Waals surface area contributed by atoms with Crippen molar-refractivity contribution in [2.45, 2.75) is 6.54 Å². The molecule has 7 nitrogen and oxygen atoms in total. The van der Waals surface area contributed by atoms with Crippen molar-refractivity contribution in [3.8, 4) is 0 Å². The Morgan fingerprint density at radius 2 is 2.30 bits per heavy atom. The van der Waals surface area contributed by atoms with Crippen molar-refractivity contribution < 1.29 is 9.72 Å². The Morgan fingerprint density at radius 3 is 2.90 bits per heavy atom. The highest BCUT2D eigenvalue weighted by Crippen LogP contribution is 2.26. The zero-order valence-corrected chi connectivity index (χ0v) is 11.4. The Balaban J connectivity index is 2.26. The van der Waals surface area contributed by atoms with E-state index in [1.807, 2.05) is 0 Å². The van der Waals surface area contributed by atoms with Gasteiger partial charge in [-0.05, 0) is 12.1 Å². The van der Waals surface area contributed by atoms with Crippen molar-refractivity contribution >= 4 is 28.6 Å². The standard InChI is InChI=1S/C12H12N4O3S/c1-13-12(17)8-2-3-11(16(18)19)10(4-8)15-6-9-5-14-7-20-9/h2-5,7,15H,6H2,1H3,(H,13,17). The summed E-state index contributed by atoms with van der Waals surface area (Å²) in [5.41, 5.74) is 2.29. The molecule has 104 valence electrons. The van der Waals surface area contributed by atoms with Crippen molar-refractivity contribution in [2.24, 2.45) is 0 Å². The molecule has 2 rings (SSSR count). The van der Waals surface area contributed by atoms with E-state index in [4.69, 9.17) is 0 Å². The fraction of sp³-hybridized carbons (Fsp3) is 0.167. The highest BCUT2D eigenvalue weighted by Gasteiger charge is 2.16. The monoisotopic (exact) mass is 292 g/mol. The number of carbonyl (C=O) groups is 1. The molecule has 1 aromatic carbocycles. The van der Waals surface area contributed by atoms with Crippen LogP contribution in [0.25, 0.3) is 0 Å². The van der Waals surface area contributed by atoms with Crippen LogP contribution in [0.5, 0.6) is 0 Å². The van der Waals surface area contributed by atoms with E-state index in [1.54, 1.807) is 11.7 Å². The highest BCUT2D eigenvalue weighted by molar-refractivity contribution is 7.09. The first-order chi connectivity index (χ1) is 9.61. The lowest BCUT2D eigenvalue weighted by Crippen LogP contribution is -2.18. The lowest BCUT2D eigenvalue weighted by atomic mass is 10.1. The van der Waals surface area contributed by atoms with Gasteiger partial charge in [0.05, 0.1) is 17.0 Å². The SMILES string of the molecule is CNC(=O)c1ccc([N+](=O)[O-])c(NCc2cncs2)c1. The summed E-state index contributed by atoms with van der Waals surface area (Å²) in [6.45, 7) is 0.419. The van der Waals surface area contributed by atoms with E-state index in [0.717, 1.165) is 4.88 Å². The maximum atomic E-state index is 11.6. The van der Waals surface area contributed by atoms with Crippen LogP contribution in [0, 0.1) is 10.1 Å². The summed E-state index contributed by atoms with van der Waals surface area (Å²) in [5.74, 6) is -0.291. The number of carbonyl (C=O) groups excluding carboxylic acids is 1. The molecule has 2 N–H and O–H groups in total. The predicted molar refractivity (Wildman–Crippen MR) is 75.9 cm³/mol. The molecule has 0 radical (unpaired) electrons. The average Bonchev–Trinajstić information content (AvgIpc) is 2.97. The van der Waals surface area contributed by atoms with Gasteiger partial charge in [0.15, 0.2) is 0 Å². The van der Waals surface area contributed by atoms with Gasteiger partial charge in [-0.15, -0.1) is 11.3 Å². The topological polar surface area (TPSA) is 97.2 Å². The first kappa shape index (κ1) is 13.9. The summed E-state index contributed by atoms with van der Waals surface area (Å²) in [5, 5.41) is 16.4. The van der Waals surface area contributed by atoms with E-state index >= 15 is 0 Å². The number of anilines is 1. The Labute approximate surface area is 118 Å². The number of rotatable bonds is 5. The van der Waals surface area contributed by atoms with Crippen LogP contribution in [-0.2, 0) is 6.54 Å². The van der Waals surface area contributed by atoms with Crippen molar-refractivity contribution in [1.29, 1.82) is 0 Å². The fourth-order valence-corrected chi connectivity index (χ4v) is 2.17. The maximum absolute atomic E-state index is 11.6. The summed E-state index contributed by atoms with van der Waals surface area (Å²) >= 11 is 1.45. The smallest absolute Gasteiger partial charge is 0.292 e. The summed E-state index contributed by atoms with van der Waals surface area (Å²) in [6, 6.07) is 4.21. The quantitative estimate of drug-likeness (QED) is 0.649. The minimum absolute atomic E-state index is 0.0674. The molecule has 8 heteroatoms. The van der Waals surface area contributed by atoms with Gasteiger partial charge >= 0.3 is 0 Å². The molecule has 0 aliphatic heterocycles. The number of nitrogens with zero attached hydrogens (tertiary/aromatic N) is 2. The molecule has 0 saturated heterocycles. The van der Waals surface area contributed by atoms with E-state index in [9.17, 15) is 14.9 Å². The number of benzene rings is 1. The third-order valence-corrected chi connectivity index (χ3v) is 3.40. The van der Waals surface area contributed by atoms with Gasteiger partial charge in [-0.25, -0.2) is 0 Å². The molecule has 1 amide bonds. The third kappa shape index (κ3) is 3.09. The Kier molecular flexibility index (Phi) is 4.26. The molecular weight excluding hydrogens is 280 g/mol. The lowest BCUT2D eigenvalue weighted by Gasteiger charge is -2.07. The molecule has 0 fully saturated rings. The van der Waals surface area contributed by atoms with E-state index in [-0.39, 0.29) is 11.6 Å². The molecule has 0 bridgehead atoms. The molecular formula is C12H12N4O3S. The maximum Gasteiger partial charge on any atom is 0.292 e. The molecule has 0 atom stereocenters. The summed E-state index contributed by atoms with van der Waals surface area (Å²) in [7, 11) is 1.51. The summed E-state index contributed by atoms with van der Waals surface area (Å²) in [6.07, 6.45) is 1.69. The van der Waals surface area contributed by atoms with Gasteiger partial charge < -0.3 is 10.6 Å². The Bertz CT molecular complexity index is 628. The van der Waals surface area contributed by atoms with Crippen LogP contribution in [0.4, 0.5) is 11.4 Å². The average molecular weight is 292 g/mol. The minimum atomic E-state index is -0.483. The molecule has 1 aromatic heterocycles. The summed E-state index contributed by atoms with van der Waals surface area (Å²) < 4.78 is 0. The van der Waals surface area contributed by atoms with Crippen LogP contribution in [0.3, 0.4) is 0 Å². The van der Waals surface area contributed by atoms with Gasteiger partial charge in [-0.1, -0.05) is 0 Å². The van der Waals surface area contributed by atoms with Crippen LogP contribution < -0.4 is 10.6 Å². The van der Waals surface area contributed by atoms with Gasteiger partial charge in [0, 0.05) is 29.8 Å². The van der Waals surface area contributed by atoms with Crippen LogP contribution in [0.1, 0.15) is 15.2 Å². The van der Waals surface area contributed by atoms with Crippen molar-refractivity contribution in [3.05, 3.63) is 50.5 Å². The number of nitro benzene ring substituents is 1. The van der Waals surface area contributed by atoms with Crippen LogP contribution >= 0.6 is 11.3 Å². The molecule has 2 aromatic rings. The normalized spacial score (nSPS) is 10.1. The lowest BCUT2D eigenvalue weighted by molar-refractivity contribution is -0.384. The number of nitro groups is 1. The molecule has 0 aliphatic carbocycles. The third-order valence-electron chi connectivity index (χ3n) is 2.62. The van der Waals surface area contributed by atoms with E-state index in [0.29, 0.717) is 17.8 Å². The van der Waals surface area contributed by atoms with E-state index in [2.05, 4.69) is 15.6 Å².